The normalized spacial score (nSPS) is 24.2. The first-order valence-electron chi connectivity index (χ1n) is 8.39. The number of hydrogen-bond acceptors (Lipinski definition) is 4. The zero-order valence-corrected chi connectivity index (χ0v) is 14.0. The Morgan fingerprint density at radius 3 is 3.00 bits per heavy atom. The van der Waals surface area contributed by atoms with Crippen LogP contribution in [0.3, 0.4) is 0 Å². The molecule has 0 spiro atoms. The first-order chi connectivity index (χ1) is 11.6. The molecule has 2 atom stereocenters. The maximum absolute atomic E-state index is 11.9. The summed E-state index contributed by atoms with van der Waals surface area (Å²) >= 11 is 0. The molecule has 0 aliphatic carbocycles. The maximum Gasteiger partial charge on any atom is 0.308 e. The number of ether oxygens (including phenoxy) is 1. The molecule has 24 heavy (non-hydrogen) atoms. The highest BCUT2D eigenvalue weighted by Gasteiger charge is 2.42. The summed E-state index contributed by atoms with van der Waals surface area (Å²) in [6, 6.07) is 5.81. The molecule has 2 aromatic rings. The van der Waals surface area contributed by atoms with E-state index in [2.05, 4.69) is 10.6 Å². The number of nitrogens with zero attached hydrogens (tertiary/aromatic N) is 2. The zero-order valence-electron chi connectivity index (χ0n) is 14.0. The van der Waals surface area contributed by atoms with E-state index in [-0.39, 0.29) is 6.04 Å². The van der Waals surface area contributed by atoms with Gasteiger partial charge in [-0.15, -0.1) is 0 Å². The van der Waals surface area contributed by atoms with Crippen molar-refractivity contribution in [1.82, 2.24) is 9.63 Å². The molecular weight excluding hydrogens is 308 g/mol. The number of hydroxylamine groups is 2. The third-order valence-corrected chi connectivity index (χ3v) is 5.35. The minimum absolute atomic E-state index is 0.239. The van der Waals surface area contributed by atoms with E-state index in [0.29, 0.717) is 13.0 Å². The fourth-order valence-electron chi connectivity index (χ4n) is 4.22. The van der Waals surface area contributed by atoms with E-state index in [1.54, 1.807) is 7.11 Å². The van der Waals surface area contributed by atoms with Gasteiger partial charge in [-0.2, -0.15) is 5.06 Å². The molecule has 2 aliphatic heterocycles. The van der Waals surface area contributed by atoms with E-state index in [0.717, 1.165) is 41.7 Å². The van der Waals surface area contributed by atoms with E-state index in [4.69, 9.17) is 9.57 Å². The first-order valence-corrected chi connectivity index (χ1v) is 8.39. The largest absolute Gasteiger partial charge is 0.497 e. The van der Waals surface area contributed by atoms with Gasteiger partial charge in [-0.05, 0) is 43.0 Å². The highest BCUT2D eigenvalue weighted by molar-refractivity contribution is 5.87. The van der Waals surface area contributed by atoms with Gasteiger partial charge in [0.15, 0.2) is 0 Å². The molecule has 0 amide bonds. The van der Waals surface area contributed by atoms with E-state index in [1.165, 1.54) is 5.56 Å². The zero-order chi connectivity index (χ0) is 16.8. The van der Waals surface area contributed by atoms with Crippen molar-refractivity contribution in [1.29, 1.82) is 0 Å². The molecule has 6 nitrogen and oxygen atoms in total. The number of carboxylic acid groups (broad SMARTS) is 1. The molecule has 128 valence electrons. The summed E-state index contributed by atoms with van der Waals surface area (Å²) in [5.41, 5.74) is 3.40. The number of carbonyl (C=O) groups is 1. The van der Waals surface area contributed by atoms with E-state index in [9.17, 15) is 9.90 Å². The van der Waals surface area contributed by atoms with Crippen LogP contribution in [0.2, 0.25) is 0 Å². The summed E-state index contributed by atoms with van der Waals surface area (Å²) in [7, 11) is 3.68. The van der Waals surface area contributed by atoms with Crippen molar-refractivity contribution in [3.63, 3.8) is 0 Å². The lowest BCUT2D eigenvalue weighted by atomic mass is 9.87. The summed E-state index contributed by atoms with van der Waals surface area (Å²) < 4.78 is 7.50. The van der Waals surface area contributed by atoms with Crippen molar-refractivity contribution in [2.24, 2.45) is 13.0 Å². The molecule has 1 aromatic heterocycles. The smallest absolute Gasteiger partial charge is 0.308 e. The Labute approximate surface area is 140 Å². The lowest BCUT2D eigenvalue weighted by Crippen LogP contribution is -2.41. The number of rotatable bonds is 2. The van der Waals surface area contributed by atoms with Gasteiger partial charge in [-0.25, -0.2) is 0 Å². The van der Waals surface area contributed by atoms with Gasteiger partial charge < -0.3 is 14.4 Å². The van der Waals surface area contributed by atoms with Gasteiger partial charge in [0.1, 0.15) is 5.75 Å². The minimum Gasteiger partial charge on any atom is -0.497 e. The lowest BCUT2D eigenvalue weighted by molar-refractivity contribution is -0.197. The van der Waals surface area contributed by atoms with Crippen molar-refractivity contribution in [3.05, 3.63) is 29.5 Å². The van der Waals surface area contributed by atoms with Gasteiger partial charge in [-0.3, -0.25) is 9.63 Å². The Hall–Kier alpha value is -2.05. The molecule has 3 heterocycles. The van der Waals surface area contributed by atoms with Gasteiger partial charge in [-0.1, -0.05) is 0 Å². The van der Waals surface area contributed by atoms with Crippen molar-refractivity contribution >= 4 is 16.9 Å². The van der Waals surface area contributed by atoms with Gasteiger partial charge >= 0.3 is 5.97 Å². The van der Waals surface area contributed by atoms with Crippen LogP contribution >= 0.6 is 0 Å². The molecule has 0 radical (unpaired) electrons. The van der Waals surface area contributed by atoms with Crippen LogP contribution in [0.5, 0.6) is 5.75 Å². The van der Waals surface area contributed by atoms with Crippen LogP contribution < -0.4 is 4.74 Å². The first kappa shape index (κ1) is 15.5. The van der Waals surface area contributed by atoms with Crippen molar-refractivity contribution in [2.45, 2.75) is 25.3 Å². The second-order valence-electron chi connectivity index (χ2n) is 6.56. The second-order valence-corrected chi connectivity index (χ2v) is 6.56. The number of hydrogen-bond donors (Lipinski definition) is 1. The van der Waals surface area contributed by atoms with Gasteiger partial charge in [0.05, 0.1) is 25.7 Å². The van der Waals surface area contributed by atoms with Gasteiger partial charge in [0.25, 0.3) is 0 Å². The predicted octanol–water partition coefficient (Wildman–Crippen LogP) is 2.51. The van der Waals surface area contributed by atoms with Crippen molar-refractivity contribution < 1.29 is 19.5 Å². The molecule has 0 saturated carbocycles. The molecule has 0 unspecified atom stereocenters. The van der Waals surface area contributed by atoms with Crippen LogP contribution in [-0.4, -0.2) is 41.0 Å². The molecule has 4 rings (SSSR count). The van der Waals surface area contributed by atoms with Crippen LogP contribution in [0.1, 0.15) is 30.1 Å². The highest BCUT2D eigenvalue weighted by Crippen LogP contribution is 2.43. The Morgan fingerprint density at radius 1 is 1.42 bits per heavy atom. The molecule has 6 heteroatoms. The topological polar surface area (TPSA) is 63.9 Å². The SMILES string of the molecule is COc1ccc2c(c1)c1c(n2C)[C@@H]2[C@H](C(=O)O)CCCON2CC1. The van der Waals surface area contributed by atoms with E-state index in [1.807, 2.05) is 24.2 Å². The monoisotopic (exact) mass is 330 g/mol. The van der Waals surface area contributed by atoms with Crippen LogP contribution in [0.4, 0.5) is 0 Å². The summed E-state index contributed by atoms with van der Waals surface area (Å²) in [5.74, 6) is -0.368. The van der Waals surface area contributed by atoms with E-state index < -0.39 is 11.9 Å². The average Bonchev–Trinajstić information content (AvgIpc) is 2.75. The maximum atomic E-state index is 11.9. The third-order valence-electron chi connectivity index (χ3n) is 5.35. The van der Waals surface area contributed by atoms with Crippen LogP contribution in [0, 0.1) is 5.92 Å². The number of benzene rings is 1. The minimum atomic E-state index is -0.744. The second kappa shape index (κ2) is 5.79. The molecule has 1 N–H and O–H groups in total. The molecule has 2 aliphatic rings. The van der Waals surface area contributed by atoms with E-state index >= 15 is 0 Å². The van der Waals surface area contributed by atoms with Crippen LogP contribution in [0.15, 0.2) is 18.2 Å². The summed E-state index contributed by atoms with van der Waals surface area (Å²) in [5, 5.41) is 12.8. The Morgan fingerprint density at radius 2 is 2.25 bits per heavy atom. The molecule has 1 aromatic carbocycles. The summed E-state index contributed by atoms with van der Waals surface area (Å²) in [6.45, 7) is 1.31. The van der Waals surface area contributed by atoms with Crippen molar-refractivity contribution in [3.8, 4) is 5.75 Å². The third kappa shape index (κ3) is 2.21. The molecule has 0 bridgehead atoms. The molecule has 1 fully saturated rings. The number of aliphatic carboxylic acids is 1. The average molecular weight is 330 g/mol. The number of methoxy groups -OCH3 is 1. The lowest BCUT2D eigenvalue weighted by Gasteiger charge is -2.36. The van der Waals surface area contributed by atoms with Crippen molar-refractivity contribution in [2.75, 3.05) is 20.3 Å². The fourth-order valence-corrected chi connectivity index (χ4v) is 4.22. The van der Waals surface area contributed by atoms with Crippen LogP contribution in [-0.2, 0) is 23.1 Å². The quantitative estimate of drug-likeness (QED) is 0.917. The van der Waals surface area contributed by atoms with Gasteiger partial charge in [0, 0.05) is 30.2 Å². The Bertz CT molecular complexity index is 798. The number of carboxylic acids is 1. The Balaban J connectivity index is 1.93. The number of aryl methyl sites for hydroxylation is 1. The highest BCUT2D eigenvalue weighted by atomic mass is 16.7. The number of fused-ring (bicyclic) bond motifs is 5. The van der Waals surface area contributed by atoms with Crippen LogP contribution in [0.25, 0.3) is 10.9 Å². The fraction of sp³-hybridized carbons (Fsp3) is 0.500. The number of aromatic nitrogens is 1. The molecular formula is C18H22N2O4. The standard InChI is InChI=1S/C18H22N2O4/c1-19-15-6-5-11(23-2)10-14(15)12-7-8-20-17(16(12)19)13(18(21)22)4-3-9-24-20/h5-6,10,13,17H,3-4,7-9H2,1-2H3,(H,21,22)/t13-,17+/m1/s1. The summed E-state index contributed by atoms with van der Waals surface area (Å²) in [4.78, 5) is 17.8. The Kier molecular flexibility index (Phi) is 3.73. The predicted molar refractivity (Wildman–Crippen MR) is 88.9 cm³/mol. The molecule has 1 saturated heterocycles. The van der Waals surface area contributed by atoms with Gasteiger partial charge in [0.2, 0.25) is 0 Å². The summed E-state index contributed by atoms with van der Waals surface area (Å²) in [6.07, 6.45) is 2.26.